The lowest BCUT2D eigenvalue weighted by molar-refractivity contribution is 0.143. The van der Waals surface area contributed by atoms with Gasteiger partial charge in [-0.3, -0.25) is 0 Å². The minimum atomic E-state index is 0.474. The molecule has 1 aromatic heterocycles. The van der Waals surface area contributed by atoms with Gasteiger partial charge in [0.05, 0.1) is 5.69 Å². The van der Waals surface area contributed by atoms with E-state index in [1.165, 1.54) is 35.9 Å². The van der Waals surface area contributed by atoms with E-state index in [2.05, 4.69) is 59.8 Å². The monoisotopic (exact) mass is 257 g/mol. The van der Waals surface area contributed by atoms with Gasteiger partial charge in [0.25, 0.3) is 0 Å². The van der Waals surface area contributed by atoms with Gasteiger partial charge >= 0.3 is 0 Å². The Morgan fingerprint density at radius 3 is 2.79 bits per heavy atom. The van der Waals surface area contributed by atoms with E-state index in [-0.39, 0.29) is 0 Å². The molecule has 2 aromatic rings. The number of aromatic nitrogens is 1. The van der Waals surface area contributed by atoms with E-state index in [1.807, 2.05) is 0 Å². The van der Waals surface area contributed by atoms with E-state index in [4.69, 9.17) is 0 Å². The molecular weight excluding hydrogens is 234 g/mol. The second-order valence-electron chi connectivity index (χ2n) is 5.96. The fraction of sp³-hybridized carbons (Fsp3) is 0.500. The molecule has 0 unspecified atom stereocenters. The van der Waals surface area contributed by atoms with Crippen LogP contribution in [0.5, 0.6) is 0 Å². The summed E-state index contributed by atoms with van der Waals surface area (Å²) in [6.45, 7) is 2.26. The highest BCUT2D eigenvalue weighted by atomic mass is 15.1. The van der Waals surface area contributed by atoms with E-state index >= 15 is 0 Å². The molecule has 0 saturated heterocycles. The van der Waals surface area contributed by atoms with Crippen molar-refractivity contribution in [1.29, 1.82) is 0 Å². The molecule has 0 atom stereocenters. The summed E-state index contributed by atoms with van der Waals surface area (Å²) in [5.41, 5.74) is 3.01. The number of benzene rings is 1. The molecule has 3 nitrogen and oxygen atoms in total. The van der Waals surface area contributed by atoms with Crippen molar-refractivity contribution in [2.45, 2.75) is 19.3 Å². The van der Waals surface area contributed by atoms with Gasteiger partial charge in [0.1, 0.15) is 0 Å². The van der Waals surface area contributed by atoms with Crippen LogP contribution in [0.15, 0.2) is 30.5 Å². The summed E-state index contributed by atoms with van der Waals surface area (Å²) >= 11 is 0. The van der Waals surface area contributed by atoms with Crippen LogP contribution in [0.1, 0.15) is 19.3 Å². The molecule has 0 spiro atoms. The Morgan fingerprint density at radius 1 is 1.32 bits per heavy atom. The van der Waals surface area contributed by atoms with Crippen molar-refractivity contribution in [2.75, 3.05) is 32.1 Å². The Hall–Kier alpha value is -1.48. The van der Waals surface area contributed by atoms with Crippen LogP contribution in [0.3, 0.4) is 0 Å². The molecule has 1 saturated carbocycles. The van der Waals surface area contributed by atoms with Gasteiger partial charge in [-0.2, -0.15) is 0 Å². The SMILES string of the molecule is CNCC1(CN(C)c2c[nH]c3ccccc23)CCC1. The van der Waals surface area contributed by atoms with Crippen LogP contribution in [0.2, 0.25) is 0 Å². The Kier molecular flexibility index (Phi) is 3.23. The number of rotatable bonds is 5. The minimum absolute atomic E-state index is 0.474. The standard InChI is InChI=1S/C16H23N3/c1-17-11-16(8-5-9-16)12-19(2)15-10-18-14-7-4-3-6-13(14)15/h3-4,6-7,10,17-18H,5,8-9,11-12H2,1-2H3. The Balaban J connectivity index is 1.82. The number of para-hydroxylation sites is 1. The maximum absolute atomic E-state index is 3.37. The van der Waals surface area contributed by atoms with E-state index in [0.29, 0.717) is 5.41 Å². The molecule has 102 valence electrons. The third-order valence-corrected chi connectivity index (χ3v) is 4.52. The first-order chi connectivity index (χ1) is 9.24. The molecular formula is C16H23N3. The zero-order chi connectivity index (χ0) is 13.3. The lowest BCUT2D eigenvalue weighted by Crippen LogP contribution is -2.46. The summed E-state index contributed by atoms with van der Waals surface area (Å²) in [6, 6.07) is 8.53. The number of H-pyrrole nitrogens is 1. The summed E-state index contributed by atoms with van der Waals surface area (Å²) in [4.78, 5) is 5.78. The van der Waals surface area contributed by atoms with Gasteiger partial charge in [-0.25, -0.2) is 0 Å². The topological polar surface area (TPSA) is 31.1 Å². The van der Waals surface area contributed by atoms with Crippen molar-refractivity contribution in [3.63, 3.8) is 0 Å². The van der Waals surface area contributed by atoms with Crippen LogP contribution < -0.4 is 10.2 Å². The quantitative estimate of drug-likeness (QED) is 0.862. The number of nitrogens with zero attached hydrogens (tertiary/aromatic N) is 1. The fourth-order valence-corrected chi connectivity index (χ4v) is 3.40. The van der Waals surface area contributed by atoms with Crippen LogP contribution in [0, 0.1) is 5.41 Å². The van der Waals surface area contributed by atoms with Crippen molar-refractivity contribution >= 4 is 16.6 Å². The van der Waals surface area contributed by atoms with Gasteiger partial charge in [0, 0.05) is 42.7 Å². The molecule has 0 amide bonds. The van der Waals surface area contributed by atoms with E-state index in [9.17, 15) is 0 Å². The number of nitrogens with one attached hydrogen (secondary N) is 2. The lowest BCUT2D eigenvalue weighted by atomic mass is 9.68. The first-order valence-corrected chi connectivity index (χ1v) is 7.16. The molecule has 1 aliphatic carbocycles. The molecule has 2 N–H and O–H groups in total. The summed E-state index contributed by atoms with van der Waals surface area (Å²) in [7, 11) is 4.27. The summed E-state index contributed by atoms with van der Waals surface area (Å²) in [5, 5.41) is 4.69. The van der Waals surface area contributed by atoms with Crippen LogP contribution >= 0.6 is 0 Å². The summed E-state index contributed by atoms with van der Waals surface area (Å²) in [6.07, 6.45) is 6.21. The van der Waals surface area contributed by atoms with Crippen LogP contribution in [-0.4, -0.2) is 32.2 Å². The van der Waals surface area contributed by atoms with E-state index in [0.717, 1.165) is 13.1 Å². The molecule has 1 fully saturated rings. The fourth-order valence-electron chi connectivity index (χ4n) is 3.40. The number of hydrogen-bond acceptors (Lipinski definition) is 2. The zero-order valence-electron chi connectivity index (χ0n) is 11.9. The predicted octanol–water partition coefficient (Wildman–Crippen LogP) is 2.99. The van der Waals surface area contributed by atoms with Gasteiger partial charge in [-0.1, -0.05) is 24.6 Å². The highest BCUT2D eigenvalue weighted by Gasteiger charge is 2.37. The van der Waals surface area contributed by atoms with Crippen LogP contribution in [0.25, 0.3) is 10.9 Å². The largest absolute Gasteiger partial charge is 0.372 e. The van der Waals surface area contributed by atoms with Gasteiger partial charge in [0.15, 0.2) is 0 Å². The van der Waals surface area contributed by atoms with E-state index < -0.39 is 0 Å². The third kappa shape index (κ3) is 2.23. The Morgan fingerprint density at radius 2 is 2.11 bits per heavy atom. The predicted molar refractivity (Wildman–Crippen MR) is 81.8 cm³/mol. The van der Waals surface area contributed by atoms with Crippen LogP contribution in [-0.2, 0) is 0 Å². The first kappa shape index (κ1) is 12.5. The molecule has 0 bridgehead atoms. The number of anilines is 1. The summed E-state index contributed by atoms with van der Waals surface area (Å²) in [5.74, 6) is 0. The highest BCUT2D eigenvalue weighted by Crippen LogP contribution is 2.42. The smallest absolute Gasteiger partial charge is 0.0621 e. The van der Waals surface area contributed by atoms with Crippen molar-refractivity contribution < 1.29 is 0 Å². The summed E-state index contributed by atoms with van der Waals surface area (Å²) < 4.78 is 0. The zero-order valence-corrected chi connectivity index (χ0v) is 11.9. The number of hydrogen-bond donors (Lipinski definition) is 2. The molecule has 0 aliphatic heterocycles. The minimum Gasteiger partial charge on any atom is -0.372 e. The molecule has 1 aromatic carbocycles. The lowest BCUT2D eigenvalue weighted by Gasteiger charge is -2.44. The van der Waals surface area contributed by atoms with Crippen molar-refractivity contribution in [2.24, 2.45) is 5.41 Å². The molecule has 19 heavy (non-hydrogen) atoms. The molecule has 1 heterocycles. The normalized spacial score (nSPS) is 17.4. The first-order valence-electron chi connectivity index (χ1n) is 7.16. The number of fused-ring (bicyclic) bond motifs is 1. The molecule has 3 heteroatoms. The van der Waals surface area contributed by atoms with Crippen molar-refractivity contribution in [3.8, 4) is 0 Å². The second-order valence-corrected chi connectivity index (χ2v) is 5.96. The molecule has 0 radical (unpaired) electrons. The third-order valence-electron chi connectivity index (χ3n) is 4.52. The van der Waals surface area contributed by atoms with Crippen LogP contribution in [0.4, 0.5) is 5.69 Å². The van der Waals surface area contributed by atoms with Gasteiger partial charge < -0.3 is 15.2 Å². The average Bonchev–Trinajstić information content (AvgIpc) is 2.80. The Labute approximate surface area is 115 Å². The van der Waals surface area contributed by atoms with Gasteiger partial charge in [-0.05, 0) is 26.0 Å². The van der Waals surface area contributed by atoms with E-state index in [1.54, 1.807) is 0 Å². The Bertz CT molecular complexity index is 554. The van der Waals surface area contributed by atoms with Gasteiger partial charge in [0.2, 0.25) is 0 Å². The molecule has 1 aliphatic rings. The van der Waals surface area contributed by atoms with Crippen molar-refractivity contribution in [1.82, 2.24) is 10.3 Å². The molecule has 3 rings (SSSR count). The maximum atomic E-state index is 3.37. The highest BCUT2D eigenvalue weighted by molar-refractivity contribution is 5.92. The average molecular weight is 257 g/mol. The maximum Gasteiger partial charge on any atom is 0.0621 e. The van der Waals surface area contributed by atoms with Gasteiger partial charge in [-0.15, -0.1) is 0 Å². The number of aromatic amines is 1. The van der Waals surface area contributed by atoms with Crippen molar-refractivity contribution in [3.05, 3.63) is 30.5 Å². The second kappa shape index (κ2) is 4.89.